The fourth-order valence-corrected chi connectivity index (χ4v) is 9.78. The number of esters is 1. The number of hydrogen-bond acceptors (Lipinski definition) is 10. The van der Waals surface area contributed by atoms with E-state index in [0.29, 0.717) is 19.3 Å². The quantitative estimate of drug-likeness (QED) is 0.0195. The van der Waals surface area contributed by atoms with E-state index in [1.54, 1.807) is 6.08 Å². The second-order valence-corrected chi connectivity index (χ2v) is 21.8. The number of unbranched alkanes of at least 4 members (excludes halogenated alkanes) is 33. The molecule has 1 rings (SSSR count). The van der Waals surface area contributed by atoms with E-state index in [1.807, 2.05) is 6.08 Å². The lowest BCUT2D eigenvalue weighted by Crippen LogP contribution is -2.61. The van der Waals surface area contributed by atoms with Gasteiger partial charge in [0.15, 0.2) is 12.4 Å². The van der Waals surface area contributed by atoms with Gasteiger partial charge in [-0.3, -0.25) is 9.59 Å². The van der Waals surface area contributed by atoms with Crippen LogP contribution in [0.2, 0.25) is 0 Å². The zero-order valence-corrected chi connectivity index (χ0v) is 48.4. The number of hydrogen-bond donors (Lipinski definition) is 6. The minimum atomic E-state index is -1.62. The van der Waals surface area contributed by atoms with Crippen molar-refractivity contribution in [1.29, 1.82) is 0 Å². The molecule has 0 spiro atoms. The van der Waals surface area contributed by atoms with Gasteiger partial charge in [-0.2, -0.15) is 0 Å². The number of ether oxygens (including phenoxy) is 3. The number of allylic oxidation sites excluding steroid dienone is 7. The van der Waals surface area contributed by atoms with Gasteiger partial charge in [-0.15, -0.1) is 0 Å². The summed E-state index contributed by atoms with van der Waals surface area (Å²) in [6, 6.07) is -1.03. The first-order valence-electron chi connectivity index (χ1n) is 31.4. The predicted octanol–water partition coefficient (Wildman–Crippen LogP) is 14.8. The van der Waals surface area contributed by atoms with Crippen molar-refractivity contribution in [2.24, 2.45) is 0 Å². The van der Waals surface area contributed by atoms with Crippen LogP contribution in [0.25, 0.3) is 0 Å². The Hall–Kier alpha value is -2.38. The fraction of sp³-hybridized carbons (Fsp3) is 0.844. The third kappa shape index (κ3) is 40.5. The van der Waals surface area contributed by atoms with Crippen molar-refractivity contribution < 1.29 is 49.3 Å². The van der Waals surface area contributed by atoms with Crippen LogP contribution in [0.4, 0.5) is 0 Å². The highest BCUT2D eigenvalue weighted by Gasteiger charge is 2.47. The van der Waals surface area contributed by atoms with Gasteiger partial charge in [-0.1, -0.05) is 268 Å². The van der Waals surface area contributed by atoms with Crippen molar-refractivity contribution >= 4 is 11.9 Å². The SMILES string of the molecule is CC/C=C/C/C=C/C/C=C/CCCCCCC(=O)OC1C(OCC(NC(=O)C(O)CCCCCCCCCCCCCCCCCCCCCC)C(O)/C=C/CCCCCCCCCCCC)OC(CO)C(O)C1O. The number of aliphatic hydroxyl groups excluding tert-OH is 5. The van der Waals surface area contributed by atoms with Gasteiger partial charge in [-0.25, -0.2) is 0 Å². The molecule has 1 heterocycles. The van der Waals surface area contributed by atoms with Crippen LogP contribution < -0.4 is 5.32 Å². The lowest BCUT2D eigenvalue weighted by atomic mass is 9.99. The maximum Gasteiger partial charge on any atom is 0.306 e. The van der Waals surface area contributed by atoms with Crippen molar-refractivity contribution in [2.45, 2.75) is 333 Å². The van der Waals surface area contributed by atoms with E-state index < -0.39 is 67.4 Å². The van der Waals surface area contributed by atoms with Crippen molar-refractivity contribution in [3.63, 3.8) is 0 Å². The monoisotopic (exact) mass is 1060 g/mol. The Bertz CT molecular complexity index is 1400. The summed E-state index contributed by atoms with van der Waals surface area (Å²) in [7, 11) is 0. The average Bonchev–Trinajstić information content (AvgIpc) is 3.41. The Morgan fingerprint density at radius 1 is 0.533 bits per heavy atom. The number of nitrogens with one attached hydrogen (secondary N) is 1. The standard InChI is InChI=1S/C64H117NO10/c1-4-7-10-13-16-19-22-25-27-28-29-30-31-32-33-36-39-42-45-48-51-57(68)63(72)65-55(56(67)50-47-44-41-38-35-24-21-18-15-12-9-6-3)54-73-64-62(61(71)60(70)58(53-66)74-64)75-59(69)52-49-46-43-40-37-34-26-23-20-17-14-11-8-5-2/h8,11,17,20,26,34,47,50,55-58,60-62,64,66-68,70-71H,4-7,9-10,12-16,18-19,21-25,27-33,35-46,48-49,51-54H2,1-3H3,(H,65,72)/b11-8+,20-17+,34-26+,50-47+. The van der Waals surface area contributed by atoms with Gasteiger partial charge in [-0.05, 0) is 57.8 Å². The second kappa shape index (κ2) is 52.3. The molecular weight excluding hydrogens is 943 g/mol. The Morgan fingerprint density at radius 3 is 1.44 bits per heavy atom. The zero-order valence-electron chi connectivity index (χ0n) is 48.4. The van der Waals surface area contributed by atoms with Crippen LogP contribution in [0.3, 0.4) is 0 Å². The van der Waals surface area contributed by atoms with Gasteiger partial charge >= 0.3 is 5.97 Å². The molecule has 438 valence electrons. The van der Waals surface area contributed by atoms with Crippen LogP contribution in [0.1, 0.15) is 284 Å². The minimum Gasteiger partial charge on any atom is -0.454 e. The molecule has 1 fully saturated rings. The van der Waals surface area contributed by atoms with Crippen LogP contribution in [0.5, 0.6) is 0 Å². The minimum absolute atomic E-state index is 0.0985. The molecule has 1 saturated heterocycles. The summed E-state index contributed by atoms with van der Waals surface area (Å²) in [5, 5.41) is 57.0. The maximum atomic E-state index is 13.4. The van der Waals surface area contributed by atoms with E-state index in [9.17, 15) is 35.1 Å². The topological polar surface area (TPSA) is 175 Å². The van der Waals surface area contributed by atoms with Crippen LogP contribution in [-0.2, 0) is 23.8 Å². The van der Waals surface area contributed by atoms with E-state index >= 15 is 0 Å². The molecule has 0 saturated carbocycles. The molecule has 0 aromatic carbocycles. The van der Waals surface area contributed by atoms with E-state index in [0.717, 1.165) is 83.5 Å². The van der Waals surface area contributed by atoms with Crippen molar-refractivity contribution in [3.8, 4) is 0 Å². The first-order valence-corrected chi connectivity index (χ1v) is 31.4. The highest BCUT2D eigenvalue weighted by molar-refractivity contribution is 5.80. The lowest BCUT2D eigenvalue weighted by Gasteiger charge is -2.41. The average molecular weight is 1060 g/mol. The number of carbonyl (C=O) groups is 2. The molecule has 0 bridgehead atoms. The molecule has 0 aliphatic carbocycles. The molecule has 11 nitrogen and oxygen atoms in total. The summed E-state index contributed by atoms with van der Waals surface area (Å²) in [4.78, 5) is 26.5. The van der Waals surface area contributed by atoms with Crippen LogP contribution in [0, 0.1) is 0 Å². The smallest absolute Gasteiger partial charge is 0.306 e. The first-order chi connectivity index (χ1) is 36.7. The first kappa shape index (κ1) is 70.6. The molecule has 8 unspecified atom stereocenters. The molecule has 0 aromatic heterocycles. The zero-order chi connectivity index (χ0) is 54.7. The van der Waals surface area contributed by atoms with Crippen molar-refractivity contribution in [2.75, 3.05) is 13.2 Å². The molecule has 11 heteroatoms. The van der Waals surface area contributed by atoms with E-state index in [4.69, 9.17) is 14.2 Å². The number of carbonyl (C=O) groups excluding carboxylic acids is 2. The molecule has 0 radical (unpaired) electrons. The molecule has 75 heavy (non-hydrogen) atoms. The summed E-state index contributed by atoms with van der Waals surface area (Å²) in [5.41, 5.74) is 0. The number of rotatable bonds is 53. The summed E-state index contributed by atoms with van der Waals surface area (Å²) in [6.07, 6.45) is 53.0. The van der Waals surface area contributed by atoms with Gasteiger partial charge in [0, 0.05) is 6.42 Å². The molecule has 1 aliphatic heterocycles. The van der Waals surface area contributed by atoms with E-state index in [-0.39, 0.29) is 13.0 Å². The molecule has 6 N–H and O–H groups in total. The van der Waals surface area contributed by atoms with Crippen LogP contribution in [0.15, 0.2) is 48.6 Å². The summed E-state index contributed by atoms with van der Waals surface area (Å²) < 4.78 is 17.6. The van der Waals surface area contributed by atoms with Crippen molar-refractivity contribution in [1.82, 2.24) is 5.32 Å². The highest BCUT2D eigenvalue weighted by atomic mass is 16.7. The third-order valence-corrected chi connectivity index (χ3v) is 14.7. The summed E-state index contributed by atoms with van der Waals surface area (Å²) >= 11 is 0. The largest absolute Gasteiger partial charge is 0.454 e. The fourth-order valence-electron chi connectivity index (χ4n) is 9.78. The van der Waals surface area contributed by atoms with Gasteiger partial charge in [0.25, 0.3) is 0 Å². The Labute approximate surface area is 459 Å². The third-order valence-electron chi connectivity index (χ3n) is 14.7. The number of aliphatic hydroxyl groups is 5. The molecular formula is C64H117NO10. The molecule has 1 amide bonds. The molecule has 8 atom stereocenters. The number of amides is 1. The van der Waals surface area contributed by atoms with Crippen LogP contribution >= 0.6 is 0 Å². The Balaban J connectivity index is 2.66. The Kier molecular flexibility index (Phi) is 49.3. The van der Waals surface area contributed by atoms with Gasteiger partial charge in [0.2, 0.25) is 5.91 Å². The van der Waals surface area contributed by atoms with Crippen molar-refractivity contribution in [3.05, 3.63) is 48.6 Å². The predicted molar refractivity (Wildman–Crippen MR) is 310 cm³/mol. The van der Waals surface area contributed by atoms with E-state index in [2.05, 4.69) is 62.5 Å². The highest BCUT2D eigenvalue weighted by Crippen LogP contribution is 2.26. The Morgan fingerprint density at radius 2 is 0.960 bits per heavy atom. The summed E-state index contributed by atoms with van der Waals surface area (Å²) in [6.45, 7) is 5.68. The molecule has 1 aliphatic rings. The van der Waals surface area contributed by atoms with Gasteiger partial charge < -0.3 is 45.1 Å². The van der Waals surface area contributed by atoms with E-state index in [1.165, 1.54) is 154 Å². The maximum absolute atomic E-state index is 13.4. The van der Waals surface area contributed by atoms with Crippen LogP contribution in [-0.4, -0.2) is 99.6 Å². The normalized spacial score (nSPS) is 19.5. The second-order valence-electron chi connectivity index (χ2n) is 21.8. The summed E-state index contributed by atoms with van der Waals surface area (Å²) in [5.74, 6) is -1.21. The van der Waals surface area contributed by atoms with Gasteiger partial charge in [0.1, 0.15) is 24.4 Å². The molecule has 0 aromatic rings. The van der Waals surface area contributed by atoms with Gasteiger partial charge in [0.05, 0.1) is 25.4 Å². The lowest BCUT2D eigenvalue weighted by molar-refractivity contribution is -0.305.